The number of rotatable bonds is 5. The summed E-state index contributed by atoms with van der Waals surface area (Å²) in [4.78, 5) is 26.0. The van der Waals surface area contributed by atoms with Crippen molar-refractivity contribution in [2.24, 2.45) is 0 Å². The molecule has 0 aliphatic carbocycles. The van der Waals surface area contributed by atoms with Crippen LogP contribution in [0, 0.1) is 0 Å². The molecule has 1 fully saturated rings. The lowest BCUT2D eigenvalue weighted by Crippen LogP contribution is -2.44. The lowest BCUT2D eigenvalue weighted by molar-refractivity contribution is -0.131. The Kier molecular flexibility index (Phi) is 5.29. The van der Waals surface area contributed by atoms with Crippen LogP contribution in [0.25, 0.3) is 0 Å². The van der Waals surface area contributed by atoms with Gasteiger partial charge in [-0.2, -0.15) is 0 Å². The monoisotopic (exact) mass is 318 g/mol. The molecule has 1 atom stereocenters. The second-order valence-corrected chi connectivity index (χ2v) is 7.00. The van der Waals surface area contributed by atoms with Crippen LogP contribution in [0.4, 0.5) is 0 Å². The van der Waals surface area contributed by atoms with Crippen LogP contribution in [-0.2, 0) is 16.0 Å². The minimum Gasteiger partial charge on any atom is -0.497 e. The summed E-state index contributed by atoms with van der Waals surface area (Å²) in [7, 11) is 1.63. The third-order valence-corrected chi connectivity index (χ3v) is 4.07. The number of methoxy groups -OCH3 is 1. The van der Waals surface area contributed by atoms with Crippen molar-refractivity contribution in [1.82, 2.24) is 10.2 Å². The number of ether oxygens (including phenoxy) is 1. The second kappa shape index (κ2) is 7.02. The third kappa shape index (κ3) is 4.71. The summed E-state index contributed by atoms with van der Waals surface area (Å²) < 4.78 is 5.18. The van der Waals surface area contributed by atoms with Crippen molar-refractivity contribution < 1.29 is 14.3 Å². The Morgan fingerprint density at radius 2 is 2.13 bits per heavy atom. The highest BCUT2D eigenvalue weighted by molar-refractivity contribution is 5.82. The zero-order valence-corrected chi connectivity index (χ0v) is 14.4. The SMILES string of the molecule is COc1cccc(CCC(=O)NC2CC(=O)N(C(C)(C)C)C2)c1. The van der Waals surface area contributed by atoms with Crippen molar-refractivity contribution in [1.29, 1.82) is 0 Å². The van der Waals surface area contributed by atoms with Crippen LogP contribution in [-0.4, -0.2) is 41.9 Å². The summed E-state index contributed by atoms with van der Waals surface area (Å²) in [5.74, 6) is 0.891. The fourth-order valence-electron chi connectivity index (χ4n) is 2.84. The average molecular weight is 318 g/mol. The summed E-state index contributed by atoms with van der Waals surface area (Å²) >= 11 is 0. The molecule has 1 aliphatic heterocycles. The number of aryl methyl sites for hydroxylation is 1. The number of nitrogens with one attached hydrogen (secondary N) is 1. The molecule has 1 unspecified atom stereocenters. The lowest BCUT2D eigenvalue weighted by Gasteiger charge is -2.32. The van der Waals surface area contributed by atoms with Crippen LogP contribution in [0.2, 0.25) is 0 Å². The second-order valence-electron chi connectivity index (χ2n) is 7.00. The molecule has 0 radical (unpaired) electrons. The van der Waals surface area contributed by atoms with Gasteiger partial charge in [-0.15, -0.1) is 0 Å². The molecule has 5 heteroatoms. The maximum atomic E-state index is 12.1. The van der Waals surface area contributed by atoms with E-state index in [1.54, 1.807) is 7.11 Å². The molecule has 1 N–H and O–H groups in total. The van der Waals surface area contributed by atoms with Gasteiger partial charge < -0.3 is 15.0 Å². The molecule has 0 bridgehead atoms. The van der Waals surface area contributed by atoms with Crippen LogP contribution >= 0.6 is 0 Å². The maximum absolute atomic E-state index is 12.1. The Morgan fingerprint density at radius 3 is 2.74 bits per heavy atom. The highest BCUT2D eigenvalue weighted by atomic mass is 16.5. The fraction of sp³-hybridized carbons (Fsp3) is 0.556. The number of benzene rings is 1. The normalized spacial score (nSPS) is 18.2. The molecule has 1 aromatic rings. The lowest BCUT2D eigenvalue weighted by atomic mass is 10.1. The predicted molar refractivity (Wildman–Crippen MR) is 89.3 cm³/mol. The van der Waals surface area contributed by atoms with Crippen molar-refractivity contribution in [3.05, 3.63) is 29.8 Å². The van der Waals surface area contributed by atoms with Gasteiger partial charge in [0.15, 0.2) is 0 Å². The van der Waals surface area contributed by atoms with Gasteiger partial charge in [0.25, 0.3) is 0 Å². The summed E-state index contributed by atoms with van der Waals surface area (Å²) in [5, 5.41) is 2.98. The maximum Gasteiger partial charge on any atom is 0.225 e. The van der Waals surface area contributed by atoms with Crippen molar-refractivity contribution in [2.45, 2.75) is 51.6 Å². The molecular formula is C18H26N2O3. The molecule has 1 aliphatic rings. The quantitative estimate of drug-likeness (QED) is 0.905. The minimum absolute atomic E-state index is 0.0126. The van der Waals surface area contributed by atoms with Gasteiger partial charge in [-0.25, -0.2) is 0 Å². The summed E-state index contributed by atoms with van der Waals surface area (Å²) in [6.07, 6.45) is 1.46. The zero-order valence-electron chi connectivity index (χ0n) is 14.4. The van der Waals surface area contributed by atoms with E-state index in [9.17, 15) is 9.59 Å². The Balaban J connectivity index is 1.82. The van der Waals surface area contributed by atoms with E-state index in [4.69, 9.17) is 4.74 Å². The van der Waals surface area contributed by atoms with Gasteiger partial charge >= 0.3 is 0 Å². The van der Waals surface area contributed by atoms with E-state index in [0.717, 1.165) is 11.3 Å². The summed E-state index contributed by atoms with van der Waals surface area (Å²) in [6.45, 7) is 6.63. The van der Waals surface area contributed by atoms with E-state index in [1.807, 2.05) is 49.9 Å². The van der Waals surface area contributed by atoms with Crippen LogP contribution in [0.3, 0.4) is 0 Å². The van der Waals surface area contributed by atoms with E-state index in [2.05, 4.69) is 5.32 Å². The number of carbonyl (C=O) groups excluding carboxylic acids is 2. The Morgan fingerprint density at radius 1 is 1.39 bits per heavy atom. The number of carbonyl (C=O) groups is 2. The predicted octanol–water partition coefficient (Wildman–Crippen LogP) is 2.14. The van der Waals surface area contributed by atoms with Crippen molar-refractivity contribution >= 4 is 11.8 Å². The number of hydrogen-bond donors (Lipinski definition) is 1. The largest absolute Gasteiger partial charge is 0.497 e. The Hall–Kier alpha value is -2.04. The molecule has 126 valence electrons. The smallest absolute Gasteiger partial charge is 0.225 e. The first-order chi connectivity index (χ1) is 10.8. The molecular weight excluding hydrogens is 292 g/mol. The van der Waals surface area contributed by atoms with Crippen molar-refractivity contribution in [3.63, 3.8) is 0 Å². The molecule has 2 rings (SSSR count). The van der Waals surface area contributed by atoms with Gasteiger partial charge in [-0.3, -0.25) is 9.59 Å². The van der Waals surface area contributed by atoms with Gasteiger partial charge in [-0.1, -0.05) is 12.1 Å². The number of hydrogen-bond acceptors (Lipinski definition) is 3. The molecule has 0 spiro atoms. The average Bonchev–Trinajstić information content (AvgIpc) is 2.86. The molecule has 0 saturated carbocycles. The zero-order chi connectivity index (χ0) is 17.0. The van der Waals surface area contributed by atoms with Crippen LogP contribution in [0.5, 0.6) is 5.75 Å². The van der Waals surface area contributed by atoms with E-state index in [0.29, 0.717) is 25.8 Å². The van der Waals surface area contributed by atoms with Gasteiger partial charge in [0.05, 0.1) is 13.2 Å². The number of likely N-dealkylation sites (tertiary alicyclic amines) is 1. The first-order valence-electron chi connectivity index (χ1n) is 8.02. The highest BCUT2D eigenvalue weighted by Gasteiger charge is 2.36. The first-order valence-corrected chi connectivity index (χ1v) is 8.02. The van der Waals surface area contributed by atoms with Gasteiger partial charge in [0.1, 0.15) is 5.75 Å². The van der Waals surface area contributed by atoms with E-state index >= 15 is 0 Å². The van der Waals surface area contributed by atoms with Crippen LogP contribution in [0.1, 0.15) is 39.2 Å². The van der Waals surface area contributed by atoms with Crippen molar-refractivity contribution in [2.75, 3.05) is 13.7 Å². The summed E-state index contributed by atoms with van der Waals surface area (Å²) in [5.41, 5.74) is 0.871. The van der Waals surface area contributed by atoms with Gasteiger partial charge in [-0.05, 0) is 44.9 Å². The first kappa shape index (κ1) is 17.3. The van der Waals surface area contributed by atoms with Gasteiger partial charge in [0.2, 0.25) is 11.8 Å². The Bertz CT molecular complexity index is 578. The Labute approximate surface area is 138 Å². The number of nitrogens with zero attached hydrogens (tertiary/aromatic N) is 1. The van der Waals surface area contributed by atoms with Gasteiger partial charge in [0, 0.05) is 24.9 Å². The fourth-order valence-corrected chi connectivity index (χ4v) is 2.84. The number of amides is 2. The van der Waals surface area contributed by atoms with E-state index in [-0.39, 0.29) is 23.4 Å². The summed E-state index contributed by atoms with van der Waals surface area (Å²) in [6, 6.07) is 7.64. The molecule has 5 nitrogen and oxygen atoms in total. The molecule has 1 aromatic carbocycles. The third-order valence-electron chi connectivity index (χ3n) is 4.07. The minimum atomic E-state index is -0.197. The molecule has 23 heavy (non-hydrogen) atoms. The van der Waals surface area contributed by atoms with E-state index in [1.165, 1.54) is 0 Å². The molecule has 0 aromatic heterocycles. The van der Waals surface area contributed by atoms with Crippen molar-refractivity contribution in [3.8, 4) is 5.75 Å². The topological polar surface area (TPSA) is 58.6 Å². The highest BCUT2D eigenvalue weighted by Crippen LogP contribution is 2.22. The standard InChI is InChI=1S/C18H26N2O3/c1-18(2,3)20-12-14(11-17(20)22)19-16(21)9-8-13-6-5-7-15(10-13)23-4/h5-7,10,14H,8-9,11-12H2,1-4H3,(H,19,21). The van der Waals surface area contributed by atoms with E-state index < -0.39 is 0 Å². The molecule has 2 amide bonds. The molecule has 1 heterocycles. The van der Waals surface area contributed by atoms with Crippen LogP contribution in [0.15, 0.2) is 24.3 Å². The van der Waals surface area contributed by atoms with Crippen LogP contribution < -0.4 is 10.1 Å². The molecule has 1 saturated heterocycles.